The molecule has 0 spiro atoms. The number of aliphatic hydroxyl groups excluding tert-OH is 1. The van der Waals surface area contributed by atoms with Crippen molar-refractivity contribution in [1.29, 1.82) is 0 Å². The second kappa shape index (κ2) is 9.10. The van der Waals surface area contributed by atoms with Crippen molar-refractivity contribution >= 4 is 41.5 Å². The molecule has 0 saturated carbocycles. The molecule has 0 heterocycles. The first-order chi connectivity index (χ1) is 10.5. The van der Waals surface area contributed by atoms with Gasteiger partial charge in [0.1, 0.15) is 0 Å². The van der Waals surface area contributed by atoms with Gasteiger partial charge >= 0.3 is 0 Å². The quantitative estimate of drug-likeness (QED) is 0.583. The lowest BCUT2D eigenvalue weighted by Crippen LogP contribution is -2.12. The van der Waals surface area contributed by atoms with Crippen molar-refractivity contribution in [2.24, 2.45) is 5.73 Å². The molecule has 23 heavy (non-hydrogen) atoms. The minimum Gasteiger partial charge on any atom is -0.396 e. The average molecular weight is 375 g/mol. The van der Waals surface area contributed by atoms with Crippen LogP contribution in [0.1, 0.15) is 18.0 Å². The summed E-state index contributed by atoms with van der Waals surface area (Å²) in [6.45, 7) is -0.0593. The summed E-state index contributed by atoms with van der Waals surface area (Å²) < 4.78 is 0. The molecule has 0 bridgehead atoms. The predicted octanol–water partition coefficient (Wildman–Crippen LogP) is 4.20. The average Bonchev–Trinajstić information content (AvgIpc) is 2.50. The van der Waals surface area contributed by atoms with Gasteiger partial charge < -0.3 is 10.8 Å². The number of aliphatic hydroxyl groups is 1. The highest BCUT2D eigenvalue weighted by molar-refractivity contribution is 7.99. The van der Waals surface area contributed by atoms with Gasteiger partial charge in [-0.05, 0) is 42.3 Å². The van der Waals surface area contributed by atoms with Crippen molar-refractivity contribution in [1.82, 2.24) is 0 Å². The van der Waals surface area contributed by atoms with Crippen LogP contribution in [-0.4, -0.2) is 16.6 Å². The highest BCUT2D eigenvalue weighted by atomic mass is 35.5. The molecule has 1 unspecified atom stereocenters. The molecule has 0 radical (unpaired) electrons. The Labute approximate surface area is 149 Å². The van der Waals surface area contributed by atoms with Gasteiger partial charge in [0.25, 0.3) is 5.69 Å². The second-order valence-corrected chi connectivity index (χ2v) is 6.21. The number of benzene rings is 2. The Hall–Kier alpha value is -1.31. The van der Waals surface area contributed by atoms with E-state index in [1.807, 2.05) is 12.1 Å². The molecular formula is C15H16Cl2N2O3S. The minimum absolute atomic E-state index is 0. The number of halogens is 2. The van der Waals surface area contributed by atoms with Crippen LogP contribution >= 0.6 is 35.8 Å². The van der Waals surface area contributed by atoms with Gasteiger partial charge in [-0.1, -0.05) is 29.4 Å². The van der Waals surface area contributed by atoms with Crippen LogP contribution in [0.3, 0.4) is 0 Å². The number of nitro benzene ring substituents is 1. The third-order valence-corrected chi connectivity index (χ3v) is 4.41. The molecule has 3 N–H and O–H groups in total. The van der Waals surface area contributed by atoms with Crippen molar-refractivity contribution in [2.75, 3.05) is 6.61 Å². The van der Waals surface area contributed by atoms with Gasteiger partial charge in [-0.25, -0.2) is 0 Å². The van der Waals surface area contributed by atoms with Gasteiger partial charge in [0.05, 0.1) is 9.82 Å². The zero-order chi connectivity index (χ0) is 16.1. The lowest BCUT2D eigenvalue weighted by atomic mass is 10.0. The van der Waals surface area contributed by atoms with E-state index in [2.05, 4.69) is 0 Å². The van der Waals surface area contributed by atoms with E-state index in [4.69, 9.17) is 22.4 Å². The zero-order valence-corrected chi connectivity index (χ0v) is 14.4. The highest BCUT2D eigenvalue weighted by Crippen LogP contribution is 2.36. The number of hydrogen-bond acceptors (Lipinski definition) is 5. The van der Waals surface area contributed by atoms with E-state index in [1.54, 1.807) is 24.3 Å². The summed E-state index contributed by atoms with van der Waals surface area (Å²) in [7, 11) is 0. The fourth-order valence-electron chi connectivity index (χ4n) is 1.93. The van der Waals surface area contributed by atoms with Crippen LogP contribution in [0.5, 0.6) is 0 Å². The molecule has 2 rings (SSSR count). The lowest BCUT2D eigenvalue weighted by molar-refractivity contribution is -0.387. The van der Waals surface area contributed by atoms with E-state index >= 15 is 0 Å². The molecule has 8 heteroatoms. The van der Waals surface area contributed by atoms with Crippen LogP contribution in [0.25, 0.3) is 0 Å². The minimum atomic E-state index is -0.423. The Bertz CT molecular complexity index is 668. The van der Waals surface area contributed by atoms with Gasteiger partial charge in [-0.3, -0.25) is 10.1 Å². The summed E-state index contributed by atoms with van der Waals surface area (Å²) in [5.74, 6) is 0. The maximum atomic E-state index is 11.3. The smallest absolute Gasteiger partial charge is 0.283 e. The number of nitrogens with two attached hydrogens (primary N) is 1. The van der Waals surface area contributed by atoms with Crippen LogP contribution in [0.4, 0.5) is 5.69 Å². The summed E-state index contributed by atoms with van der Waals surface area (Å²) in [5.41, 5.74) is 6.54. The monoisotopic (exact) mass is 374 g/mol. The third-order valence-electron chi connectivity index (χ3n) is 3.09. The van der Waals surface area contributed by atoms with Crippen LogP contribution in [0, 0.1) is 10.1 Å². The third kappa shape index (κ3) is 5.37. The van der Waals surface area contributed by atoms with Crippen molar-refractivity contribution in [3.8, 4) is 0 Å². The maximum absolute atomic E-state index is 11.3. The maximum Gasteiger partial charge on any atom is 0.283 e. The SMILES string of the molecule is Cl.NC(CCO)c1ccc(Sc2ccc(Cl)cc2)c([N+](=O)[O-])c1. The topological polar surface area (TPSA) is 89.4 Å². The van der Waals surface area contributed by atoms with Gasteiger partial charge in [-0.15, -0.1) is 12.4 Å². The van der Waals surface area contributed by atoms with Crippen LogP contribution in [0.15, 0.2) is 52.3 Å². The van der Waals surface area contributed by atoms with Gasteiger partial charge in [0.15, 0.2) is 0 Å². The molecule has 0 amide bonds. The van der Waals surface area contributed by atoms with E-state index in [9.17, 15) is 10.1 Å². The molecule has 0 saturated heterocycles. The van der Waals surface area contributed by atoms with Crippen molar-refractivity contribution in [3.05, 3.63) is 63.2 Å². The first-order valence-corrected chi connectivity index (χ1v) is 7.79. The molecule has 1 atom stereocenters. The van der Waals surface area contributed by atoms with E-state index in [-0.39, 0.29) is 24.7 Å². The Kier molecular flexibility index (Phi) is 7.81. The van der Waals surface area contributed by atoms with Gasteiger partial charge in [-0.2, -0.15) is 0 Å². The molecule has 0 aliphatic rings. The molecule has 0 aromatic heterocycles. The summed E-state index contributed by atoms with van der Waals surface area (Å²) >= 11 is 7.12. The van der Waals surface area contributed by atoms with Crippen LogP contribution in [-0.2, 0) is 0 Å². The standard InChI is InChI=1S/C15H15ClN2O3S.ClH/c16-11-2-4-12(5-3-11)22-15-6-1-10(13(17)7-8-19)9-14(15)18(20)21;/h1-6,9,13,19H,7-8,17H2;1H. The Morgan fingerprint density at radius 2 is 1.91 bits per heavy atom. The summed E-state index contributed by atoms with van der Waals surface area (Å²) in [6, 6.07) is 11.6. The van der Waals surface area contributed by atoms with Crippen molar-refractivity contribution in [2.45, 2.75) is 22.3 Å². The Morgan fingerprint density at radius 3 is 2.48 bits per heavy atom. The number of rotatable bonds is 6. The normalized spacial score (nSPS) is 11.6. The van der Waals surface area contributed by atoms with Crippen LogP contribution < -0.4 is 5.73 Å². The molecule has 0 fully saturated rings. The van der Waals surface area contributed by atoms with Crippen molar-refractivity contribution < 1.29 is 10.0 Å². The van der Waals surface area contributed by atoms with E-state index in [0.29, 0.717) is 21.9 Å². The molecule has 2 aromatic rings. The first kappa shape index (κ1) is 19.7. The first-order valence-electron chi connectivity index (χ1n) is 6.59. The summed E-state index contributed by atoms with van der Waals surface area (Å²) in [6.07, 6.45) is 0.362. The van der Waals surface area contributed by atoms with Crippen LogP contribution in [0.2, 0.25) is 5.02 Å². The van der Waals surface area contributed by atoms with E-state index in [0.717, 1.165) is 4.90 Å². The van der Waals surface area contributed by atoms with E-state index in [1.165, 1.54) is 17.8 Å². The largest absolute Gasteiger partial charge is 0.396 e. The number of nitrogens with zero attached hydrogens (tertiary/aromatic N) is 1. The summed E-state index contributed by atoms with van der Waals surface area (Å²) in [5, 5.41) is 20.8. The lowest BCUT2D eigenvalue weighted by Gasteiger charge is -2.11. The number of nitro groups is 1. The van der Waals surface area contributed by atoms with Crippen molar-refractivity contribution in [3.63, 3.8) is 0 Å². The molecule has 2 aromatic carbocycles. The molecule has 0 aliphatic carbocycles. The molecular weight excluding hydrogens is 359 g/mol. The highest BCUT2D eigenvalue weighted by Gasteiger charge is 2.18. The second-order valence-electron chi connectivity index (χ2n) is 4.66. The molecule has 124 valence electrons. The Morgan fingerprint density at radius 1 is 1.26 bits per heavy atom. The zero-order valence-electron chi connectivity index (χ0n) is 12.0. The predicted molar refractivity (Wildman–Crippen MR) is 94.6 cm³/mol. The number of hydrogen-bond donors (Lipinski definition) is 2. The molecule has 5 nitrogen and oxygen atoms in total. The Balaban J connectivity index is 0.00000264. The van der Waals surface area contributed by atoms with E-state index < -0.39 is 11.0 Å². The van der Waals surface area contributed by atoms with Gasteiger partial charge in [0, 0.05) is 28.6 Å². The summed E-state index contributed by atoms with van der Waals surface area (Å²) in [4.78, 5) is 12.3. The molecule has 0 aliphatic heterocycles. The van der Waals surface area contributed by atoms with Gasteiger partial charge in [0.2, 0.25) is 0 Å². The fraction of sp³-hybridized carbons (Fsp3) is 0.200. The fourth-order valence-corrected chi connectivity index (χ4v) is 2.96.